The maximum atomic E-state index is 12.8. The van der Waals surface area contributed by atoms with Gasteiger partial charge >= 0.3 is 0 Å². The van der Waals surface area contributed by atoms with E-state index in [0.717, 1.165) is 5.56 Å². The van der Waals surface area contributed by atoms with Crippen molar-refractivity contribution < 1.29 is 9.13 Å². The first kappa shape index (κ1) is 12.9. The van der Waals surface area contributed by atoms with Crippen LogP contribution in [0.1, 0.15) is 5.56 Å². The number of benzene rings is 1. The van der Waals surface area contributed by atoms with Crippen LogP contribution in [-0.4, -0.2) is 6.61 Å². The van der Waals surface area contributed by atoms with E-state index >= 15 is 0 Å². The molecule has 78 valence electrons. The van der Waals surface area contributed by atoms with Crippen molar-refractivity contribution in [3.8, 4) is 5.75 Å². The zero-order valence-electron chi connectivity index (χ0n) is 7.70. The highest BCUT2D eigenvalue weighted by atomic mass is 35.5. The lowest BCUT2D eigenvalue weighted by molar-refractivity contribution is 0.357. The molecule has 1 aromatic carbocycles. The fraction of sp³-hybridized carbons (Fsp3) is 0.200. The molecule has 0 aliphatic rings. The standard InChI is InChI=1S/C10H12FNO.ClH/c1-2-5-13-10-6-9(11)4-3-8(10)7-12;/h2-4,6H,1,5,7,12H2;1H. The summed E-state index contributed by atoms with van der Waals surface area (Å²) in [4.78, 5) is 0. The minimum absolute atomic E-state index is 0. The van der Waals surface area contributed by atoms with Gasteiger partial charge in [0, 0.05) is 18.2 Å². The second-order valence-corrected chi connectivity index (χ2v) is 2.56. The number of nitrogens with two attached hydrogens (primary N) is 1. The first-order chi connectivity index (χ1) is 6.27. The largest absolute Gasteiger partial charge is 0.489 e. The Balaban J connectivity index is 0.00000169. The van der Waals surface area contributed by atoms with Gasteiger partial charge in [0.1, 0.15) is 18.2 Å². The summed E-state index contributed by atoms with van der Waals surface area (Å²) in [6.45, 7) is 4.20. The normalized spacial score (nSPS) is 9.00. The van der Waals surface area contributed by atoms with Crippen LogP contribution in [-0.2, 0) is 6.54 Å². The number of ether oxygens (including phenoxy) is 1. The molecule has 0 amide bonds. The molecule has 14 heavy (non-hydrogen) atoms. The molecule has 0 spiro atoms. The lowest BCUT2D eigenvalue weighted by Crippen LogP contribution is -2.02. The van der Waals surface area contributed by atoms with Gasteiger partial charge in [-0.3, -0.25) is 0 Å². The van der Waals surface area contributed by atoms with Crippen molar-refractivity contribution in [3.63, 3.8) is 0 Å². The molecule has 0 fully saturated rings. The van der Waals surface area contributed by atoms with Crippen LogP contribution >= 0.6 is 12.4 Å². The molecular formula is C10H13ClFNO. The average Bonchev–Trinajstić information content (AvgIpc) is 2.15. The van der Waals surface area contributed by atoms with Crippen molar-refractivity contribution in [1.29, 1.82) is 0 Å². The highest BCUT2D eigenvalue weighted by Crippen LogP contribution is 2.19. The quantitative estimate of drug-likeness (QED) is 0.786. The molecule has 2 N–H and O–H groups in total. The topological polar surface area (TPSA) is 35.2 Å². The summed E-state index contributed by atoms with van der Waals surface area (Å²) in [7, 11) is 0. The lowest BCUT2D eigenvalue weighted by Gasteiger charge is -2.07. The fourth-order valence-electron chi connectivity index (χ4n) is 0.980. The number of hydrogen-bond acceptors (Lipinski definition) is 2. The Morgan fingerprint density at radius 3 is 2.79 bits per heavy atom. The Morgan fingerprint density at radius 1 is 1.50 bits per heavy atom. The SMILES string of the molecule is C=CCOc1cc(F)ccc1CN.Cl. The maximum Gasteiger partial charge on any atom is 0.127 e. The van der Waals surface area contributed by atoms with Crippen molar-refractivity contribution in [3.05, 3.63) is 42.2 Å². The third kappa shape index (κ3) is 3.36. The summed E-state index contributed by atoms with van der Waals surface area (Å²) >= 11 is 0. The molecule has 0 saturated heterocycles. The molecule has 0 radical (unpaired) electrons. The summed E-state index contributed by atoms with van der Waals surface area (Å²) in [5.41, 5.74) is 6.24. The first-order valence-electron chi connectivity index (χ1n) is 4.00. The van der Waals surface area contributed by atoms with Crippen LogP contribution in [0.5, 0.6) is 5.75 Å². The molecule has 0 unspecified atom stereocenters. The summed E-state index contributed by atoms with van der Waals surface area (Å²) in [6.07, 6.45) is 1.60. The molecule has 2 nitrogen and oxygen atoms in total. The Labute approximate surface area is 89.0 Å². The Morgan fingerprint density at radius 2 is 2.21 bits per heavy atom. The van der Waals surface area contributed by atoms with Gasteiger partial charge in [-0.25, -0.2) is 4.39 Å². The van der Waals surface area contributed by atoms with E-state index in [-0.39, 0.29) is 18.2 Å². The van der Waals surface area contributed by atoms with E-state index in [9.17, 15) is 4.39 Å². The highest BCUT2D eigenvalue weighted by molar-refractivity contribution is 5.85. The monoisotopic (exact) mass is 217 g/mol. The van der Waals surface area contributed by atoms with Crippen molar-refractivity contribution in [2.45, 2.75) is 6.54 Å². The molecule has 4 heteroatoms. The first-order valence-corrected chi connectivity index (χ1v) is 4.00. The van der Waals surface area contributed by atoms with Gasteiger partial charge in [-0.05, 0) is 6.07 Å². The van der Waals surface area contributed by atoms with Crippen LogP contribution in [0.25, 0.3) is 0 Å². The Hall–Kier alpha value is -1.06. The van der Waals surface area contributed by atoms with E-state index in [1.807, 2.05) is 0 Å². The van der Waals surface area contributed by atoms with Gasteiger partial charge in [0.2, 0.25) is 0 Å². The van der Waals surface area contributed by atoms with E-state index in [1.165, 1.54) is 12.1 Å². The third-order valence-electron chi connectivity index (χ3n) is 1.61. The number of rotatable bonds is 4. The average molecular weight is 218 g/mol. The Bertz CT molecular complexity index is 304. The van der Waals surface area contributed by atoms with Gasteiger partial charge in [0.05, 0.1) is 0 Å². The smallest absolute Gasteiger partial charge is 0.127 e. The fourth-order valence-corrected chi connectivity index (χ4v) is 0.980. The molecule has 0 atom stereocenters. The second kappa shape index (κ2) is 6.40. The van der Waals surface area contributed by atoms with Crippen LogP contribution < -0.4 is 10.5 Å². The van der Waals surface area contributed by atoms with Gasteiger partial charge in [-0.1, -0.05) is 18.7 Å². The van der Waals surface area contributed by atoms with E-state index in [2.05, 4.69) is 6.58 Å². The van der Waals surface area contributed by atoms with Crippen molar-refractivity contribution >= 4 is 12.4 Å². The molecule has 0 aliphatic carbocycles. The predicted octanol–water partition coefficient (Wildman–Crippen LogP) is 2.27. The van der Waals surface area contributed by atoms with Crippen LogP contribution in [0, 0.1) is 5.82 Å². The van der Waals surface area contributed by atoms with E-state index in [4.69, 9.17) is 10.5 Å². The zero-order valence-corrected chi connectivity index (χ0v) is 8.52. The van der Waals surface area contributed by atoms with E-state index in [0.29, 0.717) is 18.9 Å². The zero-order chi connectivity index (χ0) is 9.68. The van der Waals surface area contributed by atoms with Crippen LogP contribution in [0.2, 0.25) is 0 Å². The summed E-state index contributed by atoms with van der Waals surface area (Å²) in [5.74, 6) is 0.165. The van der Waals surface area contributed by atoms with Crippen molar-refractivity contribution in [1.82, 2.24) is 0 Å². The number of halogens is 2. The number of hydrogen-bond donors (Lipinski definition) is 1. The predicted molar refractivity (Wildman–Crippen MR) is 57.2 cm³/mol. The molecular weight excluding hydrogens is 205 g/mol. The van der Waals surface area contributed by atoms with Gasteiger partial charge in [-0.15, -0.1) is 12.4 Å². The molecule has 0 aliphatic heterocycles. The van der Waals surface area contributed by atoms with Crippen molar-refractivity contribution in [2.24, 2.45) is 5.73 Å². The van der Waals surface area contributed by atoms with E-state index < -0.39 is 0 Å². The third-order valence-corrected chi connectivity index (χ3v) is 1.61. The van der Waals surface area contributed by atoms with Gasteiger partial charge in [-0.2, -0.15) is 0 Å². The minimum Gasteiger partial charge on any atom is -0.489 e. The summed E-state index contributed by atoms with van der Waals surface area (Å²) in [5, 5.41) is 0. The minimum atomic E-state index is -0.323. The molecule has 0 heterocycles. The van der Waals surface area contributed by atoms with Crippen molar-refractivity contribution in [2.75, 3.05) is 6.61 Å². The second-order valence-electron chi connectivity index (χ2n) is 2.56. The molecule has 1 rings (SSSR count). The van der Waals surface area contributed by atoms with E-state index in [1.54, 1.807) is 12.1 Å². The van der Waals surface area contributed by atoms with Crippen LogP contribution in [0.4, 0.5) is 4.39 Å². The molecule has 1 aromatic rings. The highest BCUT2D eigenvalue weighted by Gasteiger charge is 2.02. The summed E-state index contributed by atoms with van der Waals surface area (Å²) in [6, 6.07) is 4.31. The maximum absolute atomic E-state index is 12.8. The molecule has 0 bridgehead atoms. The molecule has 0 aromatic heterocycles. The van der Waals surface area contributed by atoms with Crippen LogP contribution in [0.15, 0.2) is 30.9 Å². The Kier molecular flexibility index (Phi) is 5.92. The van der Waals surface area contributed by atoms with Crippen LogP contribution in [0.3, 0.4) is 0 Å². The van der Waals surface area contributed by atoms with Gasteiger partial charge in [0.25, 0.3) is 0 Å². The summed E-state index contributed by atoms with van der Waals surface area (Å²) < 4.78 is 18.0. The van der Waals surface area contributed by atoms with Gasteiger partial charge < -0.3 is 10.5 Å². The molecule has 0 saturated carbocycles. The lowest BCUT2D eigenvalue weighted by atomic mass is 10.2. The van der Waals surface area contributed by atoms with Gasteiger partial charge in [0.15, 0.2) is 0 Å².